The lowest BCUT2D eigenvalue weighted by Gasteiger charge is -2.16. The van der Waals surface area contributed by atoms with Crippen LogP contribution in [0.25, 0.3) is 0 Å². The number of fused-ring (bicyclic) bond motifs is 1. The molecule has 10 nitrogen and oxygen atoms in total. The van der Waals surface area contributed by atoms with Crippen molar-refractivity contribution in [3.8, 4) is 11.5 Å². The van der Waals surface area contributed by atoms with E-state index in [0.29, 0.717) is 17.2 Å². The summed E-state index contributed by atoms with van der Waals surface area (Å²) in [5, 5.41) is 5.21. The predicted octanol–water partition coefficient (Wildman–Crippen LogP) is 1.40. The molecular weight excluding hydrogens is 382 g/mol. The van der Waals surface area contributed by atoms with Crippen LogP contribution >= 0.6 is 0 Å². The zero-order chi connectivity index (χ0) is 21.2. The van der Waals surface area contributed by atoms with E-state index >= 15 is 0 Å². The molecule has 1 atom stereocenters. The van der Waals surface area contributed by atoms with Gasteiger partial charge in [0.2, 0.25) is 6.79 Å². The van der Waals surface area contributed by atoms with E-state index in [1.165, 1.54) is 6.92 Å². The van der Waals surface area contributed by atoms with Crippen LogP contribution in [0.2, 0.25) is 0 Å². The van der Waals surface area contributed by atoms with E-state index in [4.69, 9.17) is 14.2 Å². The Morgan fingerprint density at radius 2 is 2.00 bits per heavy atom. The third-order valence-corrected chi connectivity index (χ3v) is 4.52. The topological polar surface area (TPSA) is 123 Å². The summed E-state index contributed by atoms with van der Waals surface area (Å²) in [5.74, 6) is -0.308. The van der Waals surface area contributed by atoms with Gasteiger partial charge in [-0.2, -0.15) is 0 Å². The second-order valence-electron chi connectivity index (χ2n) is 7.30. The lowest BCUT2D eigenvalue weighted by Crippen LogP contribution is -2.40. The Morgan fingerprint density at radius 1 is 1.28 bits per heavy atom. The van der Waals surface area contributed by atoms with E-state index < -0.39 is 29.6 Å². The number of esters is 1. The van der Waals surface area contributed by atoms with Crippen LogP contribution in [0.3, 0.4) is 0 Å². The molecule has 4 amide bonds. The number of carbonyl (C=O) groups is 4. The third kappa shape index (κ3) is 4.58. The summed E-state index contributed by atoms with van der Waals surface area (Å²) in [4.78, 5) is 49.2. The lowest BCUT2D eigenvalue weighted by atomic mass is 10.1. The van der Waals surface area contributed by atoms with Crippen LogP contribution in [-0.2, 0) is 19.1 Å². The molecule has 3 rings (SSSR count). The first kappa shape index (κ1) is 20.4. The van der Waals surface area contributed by atoms with Gasteiger partial charge >= 0.3 is 12.0 Å². The molecule has 2 aliphatic rings. The maximum atomic E-state index is 12.2. The second-order valence-corrected chi connectivity index (χ2v) is 7.30. The van der Waals surface area contributed by atoms with Crippen molar-refractivity contribution in [2.45, 2.75) is 45.3 Å². The number of hydrogen-bond acceptors (Lipinski definition) is 7. The van der Waals surface area contributed by atoms with Crippen LogP contribution < -0.4 is 20.1 Å². The van der Waals surface area contributed by atoms with Crippen molar-refractivity contribution in [2.24, 2.45) is 0 Å². The molecule has 1 aromatic carbocycles. The van der Waals surface area contributed by atoms with Crippen LogP contribution in [-0.4, -0.2) is 53.7 Å². The van der Waals surface area contributed by atoms with Gasteiger partial charge in [-0.15, -0.1) is 0 Å². The molecule has 0 radical (unpaired) electrons. The number of rotatable bonds is 7. The predicted molar refractivity (Wildman–Crippen MR) is 100 cm³/mol. The summed E-state index contributed by atoms with van der Waals surface area (Å²) in [6.45, 7) is 4.91. The van der Waals surface area contributed by atoms with Gasteiger partial charge in [-0.1, -0.05) is 0 Å². The van der Waals surface area contributed by atoms with Gasteiger partial charge in [-0.25, -0.2) is 4.79 Å². The average molecular weight is 405 g/mol. The summed E-state index contributed by atoms with van der Waals surface area (Å²) >= 11 is 0. The Labute approximate surface area is 167 Å². The number of nitrogens with one attached hydrogen (secondary N) is 2. The van der Waals surface area contributed by atoms with Crippen LogP contribution in [0.15, 0.2) is 18.2 Å². The summed E-state index contributed by atoms with van der Waals surface area (Å²) in [5.41, 5.74) is -0.456. The molecule has 156 valence electrons. The Morgan fingerprint density at radius 3 is 2.69 bits per heavy atom. The van der Waals surface area contributed by atoms with Gasteiger partial charge in [0.05, 0.1) is 0 Å². The van der Waals surface area contributed by atoms with Gasteiger partial charge in [-0.05, 0) is 39.3 Å². The largest absolute Gasteiger partial charge is 0.454 e. The average Bonchev–Trinajstić information content (AvgIpc) is 3.18. The van der Waals surface area contributed by atoms with Gasteiger partial charge in [0.25, 0.3) is 11.8 Å². The molecule has 2 heterocycles. The molecule has 1 saturated heterocycles. The van der Waals surface area contributed by atoms with Gasteiger partial charge in [0, 0.05) is 24.7 Å². The molecule has 0 aliphatic carbocycles. The van der Waals surface area contributed by atoms with Crippen LogP contribution in [0.5, 0.6) is 11.5 Å². The second kappa shape index (κ2) is 7.98. The Balaban J connectivity index is 1.42. The molecule has 10 heteroatoms. The van der Waals surface area contributed by atoms with Crippen molar-refractivity contribution in [2.75, 3.05) is 18.7 Å². The monoisotopic (exact) mass is 405 g/mol. The van der Waals surface area contributed by atoms with Crippen LogP contribution in [0.4, 0.5) is 10.5 Å². The number of nitrogens with zero attached hydrogens (tertiary/aromatic N) is 1. The summed E-state index contributed by atoms with van der Waals surface area (Å²) in [6.07, 6.45) is -0.799. The minimum absolute atomic E-state index is 0.0286. The Kier molecular flexibility index (Phi) is 5.62. The highest BCUT2D eigenvalue weighted by Crippen LogP contribution is 2.34. The normalized spacial score (nSPS) is 17.7. The van der Waals surface area contributed by atoms with E-state index in [1.807, 2.05) is 0 Å². The number of anilines is 1. The summed E-state index contributed by atoms with van der Waals surface area (Å²) in [7, 11) is 0. The minimum atomic E-state index is -1.01. The number of urea groups is 1. The Bertz CT molecular complexity index is 852. The minimum Gasteiger partial charge on any atom is -0.454 e. The lowest BCUT2D eigenvalue weighted by molar-refractivity contribution is -0.153. The molecule has 0 saturated carbocycles. The molecule has 29 heavy (non-hydrogen) atoms. The van der Waals surface area contributed by atoms with E-state index in [1.54, 1.807) is 32.0 Å². The fraction of sp³-hybridized carbons (Fsp3) is 0.474. The zero-order valence-corrected chi connectivity index (χ0v) is 16.4. The number of hydrogen-bond donors (Lipinski definition) is 2. The Hall–Kier alpha value is -3.30. The molecule has 1 aromatic rings. The SMILES string of the molecule is CC(OC(=O)CCCN1C(=O)NC(C)(C)C1=O)C(=O)Nc1ccc2c(c1)OCO2. The van der Waals surface area contributed by atoms with Crippen molar-refractivity contribution >= 4 is 29.5 Å². The van der Waals surface area contributed by atoms with Gasteiger partial charge in [0.15, 0.2) is 17.6 Å². The number of amides is 4. The van der Waals surface area contributed by atoms with E-state index in [0.717, 1.165) is 4.90 Å². The highest BCUT2D eigenvalue weighted by molar-refractivity contribution is 6.06. The number of benzene rings is 1. The molecule has 2 aliphatic heterocycles. The van der Waals surface area contributed by atoms with Crippen molar-refractivity contribution in [3.63, 3.8) is 0 Å². The highest BCUT2D eigenvalue weighted by Gasteiger charge is 2.43. The molecule has 0 bridgehead atoms. The third-order valence-electron chi connectivity index (χ3n) is 4.52. The first-order valence-electron chi connectivity index (χ1n) is 9.21. The molecule has 0 aromatic heterocycles. The highest BCUT2D eigenvalue weighted by atomic mass is 16.7. The molecule has 2 N–H and O–H groups in total. The fourth-order valence-electron chi connectivity index (χ4n) is 2.93. The molecule has 0 spiro atoms. The van der Waals surface area contributed by atoms with Crippen molar-refractivity contribution in [3.05, 3.63) is 18.2 Å². The van der Waals surface area contributed by atoms with Gasteiger partial charge in [-0.3, -0.25) is 19.3 Å². The van der Waals surface area contributed by atoms with E-state index in [2.05, 4.69) is 10.6 Å². The quantitative estimate of drug-likeness (QED) is 0.519. The number of ether oxygens (including phenoxy) is 3. The maximum Gasteiger partial charge on any atom is 0.325 e. The molecule has 1 unspecified atom stereocenters. The summed E-state index contributed by atoms with van der Waals surface area (Å²) in [6, 6.07) is 4.46. The first-order valence-corrected chi connectivity index (χ1v) is 9.21. The van der Waals surface area contributed by atoms with Crippen LogP contribution in [0, 0.1) is 0 Å². The van der Waals surface area contributed by atoms with Crippen molar-refractivity contribution < 1.29 is 33.4 Å². The molecular formula is C19H23N3O7. The van der Waals surface area contributed by atoms with Crippen molar-refractivity contribution in [1.82, 2.24) is 10.2 Å². The maximum absolute atomic E-state index is 12.2. The van der Waals surface area contributed by atoms with E-state index in [9.17, 15) is 19.2 Å². The summed E-state index contributed by atoms with van der Waals surface area (Å²) < 4.78 is 15.6. The van der Waals surface area contributed by atoms with Gasteiger partial charge in [0.1, 0.15) is 5.54 Å². The van der Waals surface area contributed by atoms with Crippen LogP contribution in [0.1, 0.15) is 33.6 Å². The fourth-order valence-corrected chi connectivity index (χ4v) is 2.93. The zero-order valence-electron chi connectivity index (χ0n) is 16.4. The van der Waals surface area contributed by atoms with E-state index in [-0.39, 0.29) is 32.1 Å². The molecule has 1 fully saturated rings. The first-order chi connectivity index (χ1) is 13.7. The standard InChI is InChI=1S/C19H23N3O7/c1-11(16(24)20-12-6-7-13-14(9-12)28-10-27-13)29-15(23)5-4-8-22-17(25)19(2,3)21-18(22)26/h6-7,9,11H,4-5,8,10H2,1-3H3,(H,20,24)(H,21,26). The van der Waals surface area contributed by atoms with Crippen molar-refractivity contribution in [1.29, 1.82) is 0 Å². The van der Waals surface area contributed by atoms with Gasteiger partial charge < -0.3 is 24.8 Å². The smallest absolute Gasteiger partial charge is 0.325 e. The number of carbonyl (C=O) groups excluding carboxylic acids is 4. The number of imide groups is 1.